The zero-order chi connectivity index (χ0) is 19.6. The van der Waals surface area contributed by atoms with Crippen LogP contribution in [-0.4, -0.2) is 18.7 Å². The van der Waals surface area contributed by atoms with E-state index in [-0.39, 0.29) is 11.6 Å². The van der Waals surface area contributed by atoms with Crippen molar-refractivity contribution in [2.45, 2.75) is 13.8 Å². The third-order valence-corrected chi connectivity index (χ3v) is 5.59. The van der Waals surface area contributed by atoms with Crippen molar-refractivity contribution in [2.24, 2.45) is 0 Å². The van der Waals surface area contributed by atoms with Crippen LogP contribution in [0.5, 0.6) is 5.75 Å². The predicted molar refractivity (Wildman–Crippen MR) is 110 cm³/mol. The number of hydrogen-bond donors (Lipinski definition) is 1. The summed E-state index contributed by atoms with van der Waals surface area (Å²) >= 11 is 7.35. The van der Waals surface area contributed by atoms with Crippen molar-refractivity contribution in [3.63, 3.8) is 0 Å². The number of halogens is 1. The molecule has 0 fully saturated rings. The first-order valence-electron chi connectivity index (χ1n) is 8.27. The molecule has 0 radical (unpaired) electrons. The highest BCUT2D eigenvalue weighted by Gasteiger charge is 2.24. The Morgan fingerprint density at radius 2 is 1.81 bits per heavy atom. The van der Waals surface area contributed by atoms with Crippen LogP contribution in [-0.2, 0) is 0 Å². The number of anilines is 2. The highest BCUT2D eigenvalue weighted by Crippen LogP contribution is 2.39. The number of carbonyl (C=O) groups excluding carboxylic acids is 2. The third kappa shape index (κ3) is 3.89. The van der Waals surface area contributed by atoms with Gasteiger partial charge < -0.3 is 10.1 Å². The Bertz CT molecular complexity index is 1010. The van der Waals surface area contributed by atoms with Gasteiger partial charge >= 0.3 is 0 Å². The van der Waals surface area contributed by atoms with Crippen LogP contribution >= 0.6 is 22.9 Å². The maximum absolute atomic E-state index is 12.9. The van der Waals surface area contributed by atoms with Crippen LogP contribution in [0.25, 0.3) is 0 Å². The van der Waals surface area contributed by atoms with Gasteiger partial charge in [-0.15, -0.1) is 11.3 Å². The number of carbonyl (C=O) groups is 2. The Morgan fingerprint density at radius 1 is 1.11 bits per heavy atom. The molecular weight excluding hydrogens is 382 g/mol. The van der Waals surface area contributed by atoms with E-state index in [1.54, 1.807) is 44.4 Å². The molecule has 138 valence electrons. The van der Waals surface area contributed by atoms with E-state index < -0.39 is 0 Å². The number of ketones is 2. The van der Waals surface area contributed by atoms with Crippen LogP contribution in [0.3, 0.4) is 0 Å². The van der Waals surface area contributed by atoms with Crippen molar-refractivity contribution in [3.05, 3.63) is 75.1 Å². The highest BCUT2D eigenvalue weighted by molar-refractivity contribution is 7.18. The van der Waals surface area contributed by atoms with Crippen LogP contribution in [0.2, 0.25) is 5.02 Å². The highest BCUT2D eigenvalue weighted by atomic mass is 35.5. The first-order chi connectivity index (χ1) is 12.9. The van der Waals surface area contributed by atoms with Gasteiger partial charge in [-0.1, -0.05) is 41.9 Å². The smallest absolute Gasteiger partial charge is 0.203 e. The van der Waals surface area contributed by atoms with E-state index in [2.05, 4.69) is 5.32 Å². The fourth-order valence-corrected chi connectivity index (χ4v) is 4.26. The van der Waals surface area contributed by atoms with Gasteiger partial charge in [-0.05, 0) is 37.6 Å². The molecule has 1 heterocycles. The molecule has 0 saturated carbocycles. The molecule has 3 rings (SSSR count). The molecule has 0 aliphatic rings. The lowest BCUT2D eigenvalue weighted by molar-refractivity contribution is 0.101. The third-order valence-electron chi connectivity index (χ3n) is 4.15. The van der Waals surface area contributed by atoms with Crippen LogP contribution in [0.1, 0.15) is 38.1 Å². The largest absolute Gasteiger partial charge is 0.495 e. The molecule has 0 saturated heterocycles. The summed E-state index contributed by atoms with van der Waals surface area (Å²) in [5.74, 6) is 0.377. The minimum atomic E-state index is -0.112. The number of hydrogen-bond acceptors (Lipinski definition) is 5. The van der Waals surface area contributed by atoms with Gasteiger partial charge in [-0.2, -0.15) is 0 Å². The van der Waals surface area contributed by atoms with Crippen molar-refractivity contribution in [1.29, 1.82) is 0 Å². The van der Waals surface area contributed by atoms with Gasteiger partial charge in [0.05, 0.1) is 23.2 Å². The van der Waals surface area contributed by atoms with Crippen LogP contribution in [0.15, 0.2) is 48.5 Å². The normalized spacial score (nSPS) is 10.5. The number of benzene rings is 2. The van der Waals surface area contributed by atoms with Crippen LogP contribution < -0.4 is 10.1 Å². The van der Waals surface area contributed by atoms with Gasteiger partial charge in [0, 0.05) is 10.6 Å². The molecule has 6 heteroatoms. The molecule has 0 unspecified atom stereocenters. The number of nitrogens with one attached hydrogen (secondary N) is 1. The van der Waals surface area contributed by atoms with Crippen molar-refractivity contribution < 1.29 is 14.3 Å². The van der Waals surface area contributed by atoms with Gasteiger partial charge in [0.1, 0.15) is 10.8 Å². The van der Waals surface area contributed by atoms with Crippen LogP contribution in [0, 0.1) is 6.92 Å². The van der Waals surface area contributed by atoms with E-state index in [9.17, 15) is 9.59 Å². The fourth-order valence-electron chi connectivity index (χ4n) is 2.86. The summed E-state index contributed by atoms with van der Waals surface area (Å²) < 4.78 is 5.36. The second-order valence-electron chi connectivity index (χ2n) is 5.98. The lowest BCUT2D eigenvalue weighted by Crippen LogP contribution is -2.03. The maximum atomic E-state index is 12.9. The van der Waals surface area contributed by atoms with E-state index in [0.717, 1.165) is 0 Å². The summed E-state index contributed by atoms with van der Waals surface area (Å²) in [5.41, 5.74) is 2.39. The molecule has 1 N–H and O–H groups in total. The van der Waals surface area contributed by atoms with E-state index in [1.807, 2.05) is 18.2 Å². The standard InChI is InChI=1S/C21H18ClNO3S/c1-12-18(13(2)24)21(23-16-11-15(22)9-10-17(16)26-3)27-20(12)19(25)14-7-5-4-6-8-14/h4-11,23H,1-3H3. The molecule has 2 aromatic carbocycles. The zero-order valence-corrected chi connectivity index (χ0v) is 16.7. The fraction of sp³-hybridized carbons (Fsp3) is 0.143. The topological polar surface area (TPSA) is 55.4 Å². The van der Waals surface area contributed by atoms with Gasteiger partial charge in [0.15, 0.2) is 5.78 Å². The molecule has 0 aliphatic carbocycles. The molecule has 0 spiro atoms. The van der Waals surface area contributed by atoms with E-state index in [1.165, 1.54) is 18.3 Å². The average Bonchev–Trinajstić information content (AvgIpc) is 2.98. The average molecular weight is 400 g/mol. The summed E-state index contributed by atoms with van der Waals surface area (Å²) in [6.45, 7) is 3.29. The molecule has 1 aromatic heterocycles. The summed E-state index contributed by atoms with van der Waals surface area (Å²) in [6.07, 6.45) is 0. The van der Waals surface area contributed by atoms with Gasteiger partial charge in [0.2, 0.25) is 5.78 Å². The number of rotatable bonds is 6. The first kappa shape index (κ1) is 19.1. The number of methoxy groups -OCH3 is 1. The second kappa shape index (κ2) is 7.94. The molecule has 4 nitrogen and oxygen atoms in total. The number of ether oxygens (including phenoxy) is 1. The SMILES string of the molecule is COc1ccc(Cl)cc1Nc1sc(C(=O)c2ccccc2)c(C)c1C(C)=O. The Hall–Kier alpha value is -2.63. The minimum absolute atomic E-state index is 0.105. The predicted octanol–water partition coefficient (Wildman–Crippen LogP) is 5.90. The van der Waals surface area contributed by atoms with E-state index >= 15 is 0 Å². The first-order valence-corrected chi connectivity index (χ1v) is 9.46. The molecule has 0 amide bonds. The Morgan fingerprint density at radius 3 is 2.44 bits per heavy atom. The Balaban J connectivity index is 2.08. The molecule has 27 heavy (non-hydrogen) atoms. The second-order valence-corrected chi connectivity index (χ2v) is 7.44. The summed E-state index contributed by atoms with van der Waals surface area (Å²) in [6, 6.07) is 14.2. The van der Waals surface area contributed by atoms with E-state index in [0.29, 0.717) is 43.0 Å². The Kier molecular flexibility index (Phi) is 5.63. The number of thiophene rings is 1. The zero-order valence-electron chi connectivity index (χ0n) is 15.1. The van der Waals surface area contributed by atoms with E-state index in [4.69, 9.17) is 16.3 Å². The Labute approximate surface area is 166 Å². The number of Topliss-reactive ketones (excluding diaryl/α,β-unsaturated/α-hetero) is 1. The van der Waals surface area contributed by atoms with Crippen LogP contribution in [0.4, 0.5) is 10.7 Å². The van der Waals surface area contributed by atoms with Gasteiger partial charge in [-0.25, -0.2) is 0 Å². The van der Waals surface area contributed by atoms with Crippen molar-refractivity contribution >= 4 is 45.2 Å². The molecule has 0 aliphatic heterocycles. The van der Waals surface area contributed by atoms with Crippen molar-refractivity contribution in [1.82, 2.24) is 0 Å². The van der Waals surface area contributed by atoms with Crippen molar-refractivity contribution in [2.75, 3.05) is 12.4 Å². The molecule has 3 aromatic rings. The summed E-state index contributed by atoms with van der Waals surface area (Å²) in [7, 11) is 1.56. The monoisotopic (exact) mass is 399 g/mol. The lowest BCUT2D eigenvalue weighted by Gasteiger charge is -2.11. The molecule has 0 atom stereocenters. The molecular formula is C21H18ClNO3S. The summed E-state index contributed by atoms with van der Waals surface area (Å²) in [4.78, 5) is 25.7. The van der Waals surface area contributed by atoms with Crippen molar-refractivity contribution in [3.8, 4) is 5.75 Å². The minimum Gasteiger partial charge on any atom is -0.495 e. The molecule has 0 bridgehead atoms. The van der Waals surface area contributed by atoms with Gasteiger partial charge in [0.25, 0.3) is 0 Å². The van der Waals surface area contributed by atoms with Gasteiger partial charge in [-0.3, -0.25) is 9.59 Å². The lowest BCUT2D eigenvalue weighted by atomic mass is 10.0. The summed E-state index contributed by atoms with van der Waals surface area (Å²) in [5, 5.41) is 4.35. The maximum Gasteiger partial charge on any atom is 0.203 e. The quantitative estimate of drug-likeness (QED) is 0.524.